The molecule has 1 aliphatic heterocycles. The molecule has 0 unspecified atom stereocenters. The Labute approximate surface area is 203 Å². The summed E-state index contributed by atoms with van der Waals surface area (Å²) in [4.78, 5) is 12.5. The van der Waals surface area contributed by atoms with Crippen molar-refractivity contribution in [1.29, 1.82) is 0 Å². The fourth-order valence-electron chi connectivity index (χ4n) is 3.60. The number of carbonyl (C=O) groups excluding carboxylic acids is 1. The molecule has 0 radical (unpaired) electrons. The van der Waals surface area contributed by atoms with Gasteiger partial charge in [-0.05, 0) is 35.5 Å². The minimum atomic E-state index is -4.55. The number of alkyl halides is 3. The topological polar surface area (TPSA) is 83.0 Å². The third-order valence-corrected chi connectivity index (χ3v) is 5.78. The van der Waals surface area contributed by atoms with Crippen LogP contribution in [0.25, 0.3) is 0 Å². The lowest BCUT2D eigenvalue weighted by atomic mass is 9.97. The fraction of sp³-hybridized carbons (Fsp3) is 0.227. The zero-order valence-electron chi connectivity index (χ0n) is 17.6. The zero-order valence-corrected chi connectivity index (χ0v) is 19.1. The number of halogens is 4. The Morgan fingerprint density at radius 1 is 1.15 bits per heavy atom. The minimum Gasteiger partial charge on any atom is -0.363 e. The summed E-state index contributed by atoms with van der Waals surface area (Å²) < 4.78 is 42.2. The number of hydrogen-bond acceptors (Lipinski definition) is 4. The average Bonchev–Trinajstić information content (AvgIpc) is 3.25. The summed E-state index contributed by atoms with van der Waals surface area (Å²) in [6.45, 7) is 0.435. The van der Waals surface area contributed by atoms with Crippen LogP contribution in [0, 0.1) is 0 Å². The molecule has 1 amide bonds. The minimum absolute atomic E-state index is 0.0865. The van der Waals surface area contributed by atoms with Gasteiger partial charge in [-0.1, -0.05) is 54.1 Å². The number of fused-ring (bicyclic) bond motifs is 1. The fourth-order valence-corrected chi connectivity index (χ4v) is 3.85. The van der Waals surface area contributed by atoms with Crippen molar-refractivity contribution in [3.63, 3.8) is 0 Å². The third kappa shape index (κ3) is 5.60. The number of nitrogens with one attached hydrogen (secondary N) is 4. The van der Waals surface area contributed by atoms with Gasteiger partial charge in [0.25, 0.3) is 5.91 Å². The van der Waals surface area contributed by atoms with E-state index in [-0.39, 0.29) is 23.0 Å². The highest BCUT2D eigenvalue weighted by atomic mass is 35.5. The lowest BCUT2D eigenvalue weighted by Gasteiger charge is -2.33. The molecule has 0 fully saturated rings. The number of hydrogen-bond donors (Lipinski definition) is 4. The SMILES string of the molecule is O=C(NNC(=S)NCc1ccccc1)c1cc2n(n1)[C@H](C(F)(F)F)C[C@H](c1ccc(Cl)cc1)N2. The van der Waals surface area contributed by atoms with E-state index in [4.69, 9.17) is 23.8 Å². The molecule has 178 valence electrons. The summed E-state index contributed by atoms with van der Waals surface area (Å²) in [5.74, 6) is -0.639. The van der Waals surface area contributed by atoms with E-state index in [1.807, 2.05) is 30.3 Å². The molecule has 2 atom stereocenters. The number of thiocarbonyl (C=S) groups is 1. The molecule has 34 heavy (non-hydrogen) atoms. The molecule has 0 saturated carbocycles. The maximum Gasteiger partial charge on any atom is 0.410 e. The number of hydrazine groups is 1. The van der Waals surface area contributed by atoms with Crippen LogP contribution in [0.4, 0.5) is 19.0 Å². The van der Waals surface area contributed by atoms with Crippen LogP contribution in [0.1, 0.15) is 40.1 Å². The second kappa shape index (κ2) is 9.90. The molecule has 2 heterocycles. The third-order valence-electron chi connectivity index (χ3n) is 5.28. The van der Waals surface area contributed by atoms with Gasteiger partial charge >= 0.3 is 6.18 Å². The molecule has 1 aliphatic rings. The van der Waals surface area contributed by atoms with Crippen molar-refractivity contribution in [3.05, 3.63) is 82.5 Å². The molecule has 4 rings (SSSR count). The number of benzene rings is 2. The van der Waals surface area contributed by atoms with Crippen molar-refractivity contribution in [2.75, 3.05) is 5.32 Å². The molecule has 4 N–H and O–H groups in total. The first-order valence-electron chi connectivity index (χ1n) is 10.3. The van der Waals surface area contributed by atoms with E-state index in [0.29, 0.717) is 17.1 Å². The predicted octanol–water partition coefficient (Wildman–Crippen LogP) is 4.51. The zero-order chi connectivity index (χ0) is 24.3. The molecule has 0 saturated heterocycles. The van der Waals surface area contributed by atoms with Gasteiger partial charge in [0.2, 0.25) is 0 Å². The number of carbonyl (C=O) groups is 1. The largest absolute Gasteiger partial charge is 0.410 e. The maximum absolute atomic E-state index is 13.8. The van der Waals surface area contributed by atoms with Gasteiger partial charge in [-0.3, -0.25) is 15.6 Å². The Morgan fingerprint density at radius 3 is 2.53 bits per heavy atom. The van der Waals surface area contributed by atoms with Crippen molar-refractivity contribution in [2.45, 2.75) is 31.2 Å². The van der Waals surface area contributed by atoms with Crippen LogP contribution in [0.15, 0.2) is 60.7 Å². The van der Waals surface area contributed by atoms with Gasteiger partial charge in [-0.2, -0.15) is 18.3 Å². The van der Waals surface area contributed by atoms with Gasteiger partial charge < -0.3 is 10.6 Å². The van der Waals surface area contributed by atoms with Crippen LogP contribution in [-0.4, -0.2) is 27.0 Å². The number of aromatic nitrogens is 2. The van der Waals surface area contributed by atoms with Crippen molar-refractivity contribution in [3.8, 4) is 0 Å². The van der Waals surface area contributed by atoms with Crippen LogP contribution in [-0.2, 0) is 6.54 Å². The Morgan fingerprint density at radius 2 is 1.85 bits per heavy atom. The lowest BCUT2D eigenvalue weighted by Crippen LogP contribution is -2.46. The number of nitrogens with zero attached hydrogens (tertiary/aromatic N) is 2. The Balaban J connectivity index is 1.44. The van der Waals surface area contributed by atoms with E-state index >= 15 is 0 Å². The Bertz CT molecular complexity index is 1170. The number of rotatable bonds is 4. The van der Waals surface area contributed by atoms with Gasteiger partial charge in [-0.15, -0.1) is 0 Å². The van der Waals surface area contributed by atoms with Gasteiger partial charge in [0, 0.05) is 24.1 Å². The quantitative estimate of drug-likeness (QED) is 0.307. The first-order valence-corrected chi connectivity index (χ1v) is 11.1. The first kappa shape index (κ1) is 23.8. The Hall–Kier alpha value is -3.31. The maximum atomic E-state index is 13.8. The van der Waals surface area contributed by atoms with Crippen molar-refractivity contribution < 1.29 is 18.0 Å². The molecular weight excluding hydrogens is 489 g/mol. The van der Waals surface area contributed by atoms with E-state index in [2.05, 4.69) is 26.6 Å². The highest BCUT2D eigenvalue weighted by Gasteiger charge is 2.46. The second-order valence-electron chi connectivity index (χ2n) is 7.65. The molecule has 1 aromatic heterocycles. The van der Waals surface area contributed by atoms with Crippen LogP contribution >= 0.6 is 23.8 Å². The summed E-state index contributed by atoms with van der Waals surface area (Å²) >= 11 is 11.0. The van der Waals surface area contributed by atoms with Gasteiger partial charge in [0.1, 0.15) is 5.82 Å². The van der Waals surface area contributed by atoms with E-state index in [1.165, 1.54) is 6.07 Å². The summed E-state index contributed by atoms with van der Waals surface area (Å²) in [7, 11) is 0. The molecule has 12 heteroatoms. The number of amides is 1. The highest BCUT2D eigenvalue weighted by Crippen LogP contribution is 2.43. The van der Waals surface area contributed by atoms with Gasteiger partial charge in [-0.25, -0.2) is 4.68 Å². The van der Waals surface area contributed by atoms with Crippen LogP contribution < -0.4 is 21.5 Å². The van der Waals surface area contributed by atoms with Crippen molar-refractivity contribution >= 4 is 40.7 Å². The molecule has 0 spiro atoms. The number of anilines is 1. The van der Waals surface area contributed by atoms with E-state index in [0.717, 1.165) is 10.2 Å². The normalized spacial score (nSPS) is 17.3. The van der Waals surface area contributed by atoms with Gasteiger partial charge in [0.15, 0.2) is 16.8 Å². The molecule has 2 aromatic carbocycles. The standard InChI is InChI=1S/C22H20ClF3N6OS/c23-15-8-6-14(7-9-15)16-10-18(22(24,25)26)32-19(28-16)11-17(31-32)20(33)29-30-21(34)27-12-13-4-2-1-3-5-13/h1-9,11,16,18,28H,10,12H2,(H,29,33)(H2,27,30,34)/t16-,18+/m1/s1. The molecule has 3 aromatic rings. The molecule has 0 bridgehead atoms. The average molecular weight is 509 g/mol. The van der Waals surface area contributed by atoms with Crippen LogP contribution in [0.3, 0.4) is 0 Å². The smallest absolute Gasteiger partial charge is 0.363 e. The first-order chi connectivity index (χ1) is 16.2. The monoisotopic (exact) mass is 508 g/mol. The molecule has 0 aliphatic carbocycles. The van der Waals surface area contributed by atoms with Crippen LogP contribution in [0.5, 0.6) is 0 Å². The summed E-state index contributed by atoms with van der Waals surface area (Å²) in [6, 6.07) is 14.8. The van der Waals surface area contributed by atoms with E-state index < -0.39 is 24.2 Å². The Kier molecular flexibility index (Phi) is 6.94. The van der Waals surface area contributed by atoms with E-state index in [1.54, 1.807) is 24.3 Å². The summed E-state index contributed by atoms with van der Waals surface area (Å²) in [5.41, 5.74) is 6.33. The summed E-state index contributed by atoms with van der Waals surface area (Å²) in [6.07, 6.45) is -4.84. The van der Waals surface area contributed by atoms with E-state index in [9.17, 15) is 18.0 Å². The molecule has 7 nitrogen and oxygen atoms in total. The molecular formula is C22H20ClF3N6OS. The van der Waals surface area contributed by atoms with Crippen molar-refractivity contribution in [2.24, 2.45) is 0 Å². The van der Waals surface area contributed by atoms with Crippen molar-refractivity contribution in [1.82, 2.24) is 25.9 Å². The second-order valence-corrected chi connectivity index (χ2v) is 8.49. The predicted molar refractivity (Wildman–Crippen MR) is 126 cm³/mol. The summed E-state index contributed by atoms with van der Waals surface area (Å²) in [5, 5.41) is 10.5. The van der Waals surface area contributed by atoms with Gasteiger partial charge in [0.05, 0.1) is 6.04 Å². The highest BCUT2D eigenvalue weighted by molar-refractivity contribution is 7.80. The van der Waals surface area contributed by atoms with Crippen LogP contribution in [0.2, 0.25) is 5.02 Å². The lowest BCUT2D eigenvalue weighted by molar-refractivity contribution is -0.173.